The van der Waals surface area contributed by atoms with Gasteiger partial charge in [0.15, 0.2) is 0 Å². The van der Waals surface area contributed by atoms with Crippen LogP contribution in [-0.4, -0.2) is 19.9 Å². The van der Waals surface area contributed by atoms with Gasteiger partial charge >= 0.3 is 0 Å². The van der Waals surface area contributed by atoms with E-state index in [1.165, 1.54) is 21.9 Å². The summed E-state index contributed by atoms with van der Waals surface area (Å²) in [6.07, 6.45) is 0.681. The summed E-state index contributed by atoms with van der Waals surface area (Å²) in [6.45, 7) is 4.30. The Morgan fingerprint density at radius 1 is 0.545 bits per heavy atom. The Morgan fingerprint density at radius 3 is 1.45 bits per heavy atom. The van der Waals surface area contributed by atoms with Gasteiger partial charge in [0, 0.05) is 39.6 Å². The number of nitrogens with zero attached hydrogens (tertiary/aromatic N) is 2. The van der Waals surface area contributed by atoms with E-state index in [2.05, 4.69) is 109 Å². The maximum atomic E-state index is 4.97. The van der Waals surface area contributed by atoms with Gasteiger partial charge in [-0.3, -0.25) is 9.97 Å². The Labute approximate surface area is 192 Å². The number of para-hydroxylation sites is 2. The van der Waals surface area contributed by atoms with Crippen molar-refractivity contribution in [1.29, 1.82) is 0 Å². The molecule has 33 heavy (non-hydrogen) atoms. The van der Waals surface area contributed by atoms with Gasteiger partial charge < -0.3 is 9.97 Å². The molecule has 0 unspecified atom stereocenters. The summed E-state index contributed by atoms with van der Waals surface area (Å²) in [5, 5.41) is 2.48. The Morgan fingerprint density at radius 2 is 1.00 bits per heavy atom. The fourth-order valence-corrected chi connectivity index (χ4v) is 4.70. The van der Waals surface area contributed by atoms with Gasteiger partial charge in [0.2, 0.25) is 0 Å². The molecule has 0 radical (unpaired) electrons. The van der Waals surface area contributed by atoms with Crippen molar-refractivity contribution in [3.63, 3.8) is 0 Å². The van der Waals surface area contributed by atoms with Crippen LogP contribution in [-0.2, 0) is 6.42 Å². The van der Waals surface area contributed by atoms with Gasteiger partial charge in [-0.25, -0.2) is 0 Å². The number of H-pyrrole nitrogens is 2. The molecule has 4 heteroatoms. The van der Waals surface area contributed by atoms with Crippen LogP contribution in [0, 0.1) is 13.8 Å². The molecule has 160 valence electrons. The highest BCUT2D eigenvalue weighted by Crippen LogP contribution is 2.30. The normalized spacial score (nSPS) is 11.5. The van der Waals surface area contributed by atoms with E-state index in [0.29, 0.717) is 6.42 Å². The van der Waals surface area contributed by atoms with Crippen molar-refractivity contribution in [2.75, 3.05) is 0 Å². The van der Waals surface area contributed by atoms with Crippen molar-refractivity contribution in [3.8, 4) is 22.8 Å². The summed E-state index contributed by atoms with van der Waals surface area (Å²) in [5.74, 6) is 0. The second kappa shape index (κ2) is 7.75. The van der Waals surface area contributed by atoms with Crippen molar-refractivity contribution in [3.05, 3.63) is 107 Å². The van der Waals surface area contributed by atoms with Gasteiger partial charge in [0.1, 0.15) is 0 Å². The van der Waals surface area contributed by atoms with Crippen molar-refractivity contribution < 1.29 is 0 Å². The summed E-state index contributed by atoms with van der Waals surface area (Å²) >= 11 is 0. The van der Waals surface area contributed by atoms with E-state index in [-0.39, 0.29) is 0 Å². The van der Waals surface area contributed by atoms with Crippen molar-refractivity contribution in [2.45, 2.75) is 20.3 Å². The Hall–Kier alpha value is -4.18. The predicted octanol–water partition coefficient (Wildman–Crippen LogP) is 6.98. The molecule has 2 aromatic carbocycles. The minimum absolute atomic E-state index is 0.681. The molecule has 0 saturated heterocycles. The summed E-state index contributed by atoms with van der Waals surface area (Å²) in [6, 6.07) is 29.2. The van der Waals surface area contributed by atoms with E-state index >= 15 is 0 Å². The third-order valence-corrected chi connectivity index (χ3v) is 6.42. The third-order valence-electron chi connectivity index (χ3n) is 6.42. The second-order valence-electron chi connectivity index (χ2n) is 8.55. The molecule has 6 aromatic rings. The van der Waals surface area contributed by atoms with E-state index < -0.39 is 0 Å². The molecule has 6 rings (SSSR count). The van der Waals surface area contributed by atoms with E-state index in [4.69, 9.17) is 9.97 Å². The topological polar surface area (TPSA) is 57.4 Å². The highest BCUT2D eigenvalue weighted by atomic mass is 14.8. The smallest absolute Gasteiger partial charge is 0.0870 e. The number of nitrogens with one attached hydrogen (secondary N) is 2. The second-order valence-corrected chi connectivity index (χ2v) is 8.55. The first kappa shape index (κ1) is 19.5. The van der Waals surface area contributed by atoms with Crippen LogP contribution in [0.5, 0.6) is 0 Å². The predicted molar refractivity (Wildman–Crippen MR) is 135 cm³/mol. The first-order chi connectivity index (χ1) is 16.2. The SMILES string of the molecule is Cc1c(-c2cccc(Cc3cccc(-c4[nH]c5ccccc5c4C)n3)n2)[nH]c2ccccc12. The summed E-state index contributed by atoms with van der Waals surface area (Å²) in [4.78, 5) is 17.0. The maximum Gasteiger partial charge on any atom is 0.0870 e. The lowest BCUT2D eigenvalue weighted by molar-refractivity contribution is 1.01. The molecule has 0 bridgehead atoms. The average molecular weight is 429 g/mol. The molecule has 2 N–H and O–H groups in total. The van der Waals surface area contributed by atoms with Crippen LogP contribution >= 0.6 is 0 Å². The summed E-state index contributed by atoms with van der Waals surface area (Å²) in [5.41, 5.74) is 10.8. The number of aromatic amines is 2. The third kappa shape index (κ3) is 3.40. The molecule has 0 amide bonds. The minimum Gasteiger partial charge on any atom is -0.353 e. The minimum atomic E-state index is 0.681. The van der Waals surface area contributed by atoms with Crippen LogP contribution in [0.25, 0.3) is 44.6 Å². The molecule has 0 aliphatic carbocycles. The van der Waals surface area contributed by atoms with Crippen molar-refractivity contribution >= 4 is 21.8 Å². The molecule has 4 nitrogen and oxygen atoms in total. The fourth-order valence-electron chi connectivity index (χ4n) is 4.70. The molecule has 0 saturated carbocycles. The molecule has 4 heterocycles. The average Bonchev–Trinajstić information content (AvgIpc) is 3.37. The number of hydrogen-bond donors (Lipinski definition) is 2. The van der Waals surface area contributed by atoms with Crippen LogP contribution in [0.1, 0.15) is 22.5 Å². The number of rotatable bonds is 4. The van der Waals surface area contributed by atoms with Gasteiger partial charge in [-0.05, 0) is 61.4 Å². The van der Waals surface area contributed by atoms with Gasteiger partial charge in [0.05, 0.1) is 22.8 Å². The van der Waals surface area contributed by atoms with E-state index in [0.717, 1.165) is 45.2 Å². The zero-order chi connectivity index (χ0) is 22.4. The molecule has 4 aromatic heterocycles. The lowest BCUT2D eigenvalue weighted by Crippen LogP contribution is -1.98. The zero-order valence-electron chi connectivity index (χ0n) is 18.7. The number of benzene rings is 2. The first-order valence-electron chi connectivity index (χ1n) is 11.2. The van der Waals surface area contributed by atoms with Gasteiger partial charge in [-0.1, -0.05) is 48.5 Å². The van der Waals surface area contributed by atoms with Crippen LogP contribution < -0.4 is 0 Å². The molecular formula is C29H24N4. The number of aryl methyl sites for hydroxylation is 2. The van der Waals surface area contributed by atoms with Gasteiger partial charge in [0.25, 0.3) is 0 Å². The number of aromatic nitrogens is 4. The number of fused-ring (bicyclic) bond motifs is 2. The quantitative estimate of drug-likeness (QED) is 0.318. The Bertz CT molecular complexity index is 1500. The number of hydrogen-bond acceptors (Lipinski definition) is 2. The van der Waals surface area contributed by atoms with E-state index in [9.17, 15) is 0 Å². The monoisotopic (exact) mass is 428 g/mol. The van der Waals surface area contributed by atoms with Crippen LogP contribution in [0.15, 0.2) is 84.9 Å². The molecule has 0 spiro atoms. The van der Waals surface area contributed by atoms with E-state index in [1.807, 2.05) is 0 Å². The number of pyridine rings is 2. The summed E-state index contributed by atoms with van der Waals surface area (Å²) in [7, 11) is 0. The highest BCUT2D eigenvalue weighted by molar-refractivity contribution is 5.90. The van der Waals surface area contributed by atoms with Gasteiger partial charge in [-0.2, -0.15) is 0 Å². The van der Waals surface area contributed by atoms with Crippen LogP contribution in [0.4, 0.5) is 0 Å². The molecule has 0 atom stereocenters. The maximum absolute atomic E-state index is 4.97. The van der Waals surface area contributed by atoms with Crippen LogP contribution in [0.3, 0.4) is 0 Å². The van der Waals surface area contributed by atoms with Crippen molar-refractivity contribution in [2.24, 2.45) is 0 Å². The Kier molecular flexibility index (Phi) is 4.58. The largest absolute Gasteiger partial charge is 0.353 e. The first-order valence-corrected chi connectivity index (χ1v) is 11.2. The molecule has 0 aliphatic rings. The lowest BCUT2D eigenvalue weighted by atomic mass is 10.1. The molecular weight excluding hydrogens is 404 g/mol. The fraction of sp³-hybridized carbons (Fsp3) is 0.103. The standard InChI is InChI=1S/C29H24N4/c1-18-22-11-3-5-13-24(22)32-28(18)26-15-7-9-20(30-26)17-21-10-8-16-27(31-21)29-19(2)23-12-4-6-14-25(23)33-29/h3-16,32-33H,17H2,1-2H3. The summed E-state index contributed by atoms with van der Waals surface area (Å²) < 4.78 is 0. The van der Waals surface area contributed by atoms with Crippen LogP contribution in [0.2, 0.25) is 0 Å². The molecule has 0 fully saturated rings. The van der Waals surface area contributed by atoms with Crippen molar-refractivity contribution in [1.82, 2.24) is 19.9 Å². The zero-order valence-corrected chi connectivity index (χ0v) is 18.7. The highest BCUT2D eigenvalue weighted by Gasteiger charge is 2.13. The Balaban J connectivity index is 1.34. The van der Waals surface area contributed by atoms with Gasteiger partial charge in [-0.15, -0.1) is 0 Å². The lowest BCUT2D eigenvalue weighted by Gasteiger charge is -2.07. The van der Waals surface area contributed by atoms with E-state index in [1.54, 1.807) is 0 Å². The molecule has 0 aliphatic heterocycles.